The molecular formula is C31H20N4O2. The van der Waals surface area contributed by atoms with E-state index >= 15 is 0 Å². The van der Waals surface area contributed by atoms with E-state index in [-0.39, 0.29) is 11.8 Å². The number of imide groups is 1. The van der Waals surface area contributed by atoms with E-state index in [1.165, 1.54) is 11.9 Å². The predicted octanol–water partition coefficient (Wildman–Crippen LogP) is 6.13. The van der Waals surface area contributed by atoms with Crippen molar-refractivity contribution in [1.82, 2.24) is 19.4 Å². The summed E-state index contributed by atoms with van der Waals surface area (Å²) >= 11 is 0. The monoisotopic (exact) mass is 480 g/mol. The summed E-state index contributed by atoms with van der Waals surface area (Å²) in [5, 5.41) is 2.05. The van der Waals surface area contributed by atoms with Gasteiger partial charge in [-0.3, -0.25) is 24.5 Å². The van der Waals surface area contributed by atoms with E-state index < -0.39 is 0 Å². The van der Waals surface area contributed by atoms with Gasteiger partial charge < -0.3 is 4.57 Å². The van der Waals surface area contributed by atoms with Crippen LogP contribution >= 0.6 is 0 Å². The number of pyridine rings is 2. The van der Waals surface area contributed by atoms with E-state index in [4.69, 9.17) is 0 Å². The fourth-order valence-electron chi connectivity index (χ4n) is 5.24. The number of hydrogen-bond acceptors (Lipinski definition) is 4. The number of benzene rings is 3. The number of nitrogens with zero attached hydrogens (tertiary/aromatic N) is 4. The van der Waals surface area contributed by atoms with E-state index in [0.717, 1.165) is 44.3 Å². The topological polar surface area (TPSA) is 68.1 Å². The van der Waals surface area contributed by atoms with Gasteiger partial charge in [-0.25, -0.2) is 0 Å². The molecule has 4 heterocycles. The first-order chi connectivity index (χ1) is 18.1. The summed E-state index contributed by atoms with van der Waals surface area (Å²) in [5.41, 5.74) is 7.19. The Hall–Kier alpha value is -5.10. The van der Waals surface area contributed by atoms with Crippen LogP contribution in [-0.4, -0.2) is 38.3 Å². The van der Waals surface area contributed by atoms with E-state index in [9.17, 15) is 9.59 Å². The average Bonchev–Trinajstić information content (AvgIpc) is 3.40. The summed E-state index contributed by atoms with van der Waals surface area (Å²) < 4.78 is 2.08. The van der Waals surface area contributed by atoms with Crippen LogP contribution in [0.2, 0.25) is 0 Å². The number of fused-ring (bicyclic) bond motifs is 4. The molecule has 0 bridgehead atoms. The van der Waals surface area contributed by atoms with E-state index in [1.54, 1.807) is 18.5 Å². The van der Waals surface area contributed by atoms with Gasteiger partial charge in [0.2, 0.25) is 0 Å². The molecular weight excluding hydrogens is 460 g/mol. The van der Waals surface area contributed by atoms with Gasteiger partial charge in [-0.1, -0.05) is 30.3 Å². The quantitative estimate of drug-likeness (QED) is 0.286. The molecule has 3 aromatic heterocycles. The van der Waals surface area contributed by atoms with Gasteiger partial charge in [0, 0.05) is 41.3 Å². The molecule has 0 unspecified atom stereocenters. The Labute approximate surface area is 212 Å². The van der Waals surface area contributed by atoms with Gasteiger partial charge in [-0.2, -0.15) is 0 Å². The van der Waals surface area contributed by atoms with Gasteiger partial charge >= 0.3 is 0 Å². The first-order valence-corrected chi connectivity index (χ1v) is 12.0. The number of carbonyl (C=O) groups excluding carboxylic acids is 2. The second-order valence-corrected chi connectivity index (χ2v) is 9.10. The van der Waals surface area contributed by atoms with E-state index in [2.05, 4.69) is 38.8 Å². The van der Waals surface area contributed by atoms with Crippen molar-refractivity contribution in [2.45, 2.75) is 0 Å². The Morgan fingerprint density at radius 1 is 0.622 bits per heavy atom. The molecule has 6 nitrogen and oxygen atoms in total. The molecule has 7 rings (SSSR count). The van der Waals surface area contributed by atoms with Crippen LogP contribution in [0.25, 0.3) is 50.0 Å². The number of hydrogen-bond donors (Lipinski definition) is 0. The van der Waals surface area contributed by atoms with Crippen molar-refractivity contribution in [3.8, 4) is 28.2 Å². The largest absolute Gasteiger partial charge is 0.308 e. The molecule has 6 aromatic rings. The molecule has 0 spiro atoms. The molecule has 0 saturated carbocycles. The smallest absolute Gasteiger partial charge is 0.263 e. The molecule has 3 aromatic carbocycles. The molecule has 37 heavy (non-hydrogen) atoms. The highest BCUT2D eigenvalue weighted by Crippen LogP contribution is 2.38. The molecule has 0 radical (unpaired) electrons. The lowest BCUT2D eigenvalue weighted by atomic mass is 10.0. The zero-order valence-electron chi connectivity index (χ0n) is 19.9. The number of amides is 2. The standard InChI is InChI=1S/C31H20N4O2/c1-34-30(36)21-7-6-10-28(29(21)31(34)37)35-26-13-11-19(24-8-2-4-15-32-24)17-22(26)23-18-20(12-14-27(23)35)25-9-3-5-16-33-25/h2-18H,1H3. The Morgan fingerprint density at radius 2 is 1.22 bits per heavy atom. The molecule has 1 aliphatic rings. The van der Waals surface area contributed by atoms with Crippen LogP contribution in [0.4, 0.5) is 0 Å². The van der Waals surface area contributed by atoms with Crippen LogP contribution in [-0.2, 0) is 0 Å². The van der Waals surface area contributed by atoms with Crippen molar-refractivity contribution in [2.24, 2.45) is 0 Å². The Kier molecular flexibility index (Phi) is 4.56. The number of carbonyl (C=O) groups is 2. The number of rotatable bonds is 3. The number of aromatic nitrogens is 3. The van der Waals surface area contributed by atoms with Crippen LogP contribution in [0, 0.1) is 0 Å². The van der Waals surface area contributed by atoms with Gasteiger partial charge in [0.25, 0.3) is 11.8 Å². The van der Waals surface area contributed by atoms with Crippen LogP contribution in [0.3, 0.4) is 0 Å². The molecule has 0 saturated heterocycles. The minimum atomic E-state index is -0.291. The molecule has 2 amide bonds. The molecule has 0 atom stereocenters. The summed E-state index contributed by atoms with van der Waals surface area (Å²) in [6.07, 6.45) is 3.57. The fourth-order valence-corrected chi connectivity index (χ4v) is 5.24. The Bertz CT molecular complexity index is 1780. The van der Waals surface area contributed by atoms with Crippen molar-refractivity contribution in [2.75, 3.05) is 7.05 Å². The molecule has 0 fully saturated rings. The molecule has 1 aliphatic heterocycles. The molecule has 0 aliphatic carbocycles. The maximum absolute atomic E-state index is 13.1. The zero-order chi connectivity index (χ0) is 25.1. The second kappa shape index (κ2) is 7.96. The third kappa shape index (κ3) is 3.12. The fraction of sp³-hybridized carbons (Fsp3) is 0.0323. The average molecular weight is 481 g/mol. The van der Waals surface area contributed by atoms with E-state index in [0.29, 0.717) is 16.8 Å². The highest BCUT2D eigenvalue weighted by atomic mass is 16.2. The van der Waals surface area contributed by atoms with Crippen molar-refractivity contribution >= 4 is 33.6 Å². The van der Waals surface area contributed by atoms with Crippen LogP contribution < -0.4 is 0 Å². The lowest BCUT2D eigenvalue weighted by Crippen LogP contribution is -2.24. The van der Waals surface area contributed by atoms with Gasteiger partial charge in [0.15, 0.2) is 0 Å². The van der Waals surface area contributed by atoms with E-state index in [1.807, 2.05) is 60.7 Å². The van der Waals surface area contributed by atoms with Crippen molar-refractivity contribution in [1.29, 1.82) is 0 Å². The highest BCUT2D eigenvalue weighted by Gasteiger charge is 2.35. The first kappa shape index (κ1) is 21.2. The first-order valence-electron chi connectivity index (χ1n) is 12.0. The van der Waals surface area contributed by atoms with Crippen LogP contribution in [0.15, 0.2) is 103 Å². The lowest BCUT2D eigenvalue weighted by molar-refractivity contribution is 0.0693. The summed E-state index contributed by atoms with van der Waals surface area (Å²) in [5.74, 6) is -0.571. The van der Waals surface area contributed by atoms with Crippen LogP contribution in [0.1, 0.15) is 20.7 Å². The third-order valence-corrected chi connectivity index (χ3v) is 7.02. The van der Waals surface area contributed by atoms with Crippen LogP contribution in [0.5, 0.6) is 0 Å². The Morgan fingerprint density at radius 3 is 1.76 bits per heavy atom. The summed E-state index contributed by atoms with van der Waals surface area (Å²) in [6.45, 7) is 0. The van der Waals surface area contributed by atoms with Gasteiger partial charge in [-0.15, -0.1) is 0 Å². The highest BCUT2D eigenvalue weighted by molar-refractivity contribution is 6.23. The molecule has 0 N–H and O–H groups in total. The minimum absolute atomic E-state index is 0.280. The third-order valence-electron chi connectivity index (χ3n) is 7.02. The predicted molar refractivity (Wildman–Crippen MR) is 144 cm³/mol. The SMILES string of the molecule is CN1C(=O)c2cccc(-n3c4ccc(-c5ccccn5)cc4c4cc(-c5ccccn5)ccc43)c2C1=O. The Balaban J connectivity index is 1.56. The maximum atomic E-state index is 13.1. The van der Waals surface area contributed by atoms with Gasteiger partial charge in [0.1, 0.15) is 0 Å². The second-order valence-electron chi connectivity index (χ2n) is 9.10. The summed E-state index contributed by atoms with van der Waals surface area (Å²) in [7, 11) is 1.53. The van der Waals surface area contributed by atoms with Crippen molar-refractivity contribution in [3.05, 3.63) is 115 Å². The summed E-state index contributed by atoms with van der Waals surface area (Å²) in [6, 6.07) is 29.7. The van der Waals surface area contributed by atoms with Gasteiger partial charge in [-0.05, 0) is 60.7 Å². The minimum Gasteiger partial charge on any atom is -0.308 e. The van der Waals surface area contributed by atoms with Gasteiger partial charge in [0.05, 0.1) is 39.2 Å². The van der Waals surface area contributed by atoms with Crippen molar-refractivity contribution in [3.63, 3.8) is 0 Å². The maximum Gasteiger partial charge on any atom is 0.263 e. The molecule has 176 valence electrons. The molecule has 6 heteroatoms. The van der Waals surface area contributed by atoms with Crippen molar-refractivity contribution < 1.29 is 9.59 Å². The summed E-state index contributed by atoms with van der Waals surface area (Å²) in [4.78, 5) is 36.1. The zero-order valence-corrected chi connectivity index (χ0v) is 19.9. The normalized spacial score (nSPS) is 13.1. The lowest BCUT2D eigenvalue weighted by Gasteiger charge is -2.12.